The highest BCUT2D eigenvalue weighted by Crippen LogP contribution is 2.34. The molecule has 0 aliphatic heterocycles. The van der Waals surface area contributed by atoms with Crippen LogP contribution in [0, 0.1) is 6.92 Å². The van der Waals surface area contributed by atoms with Crippen LogP contribution in [0.2, 0.25) is 15.1 Å². The highest BCUT2D eigenvalue weighted by Gasteiger charge is 2.21. The second-order valence-corrected chi connectivity index (χ2v) is 9.58. The average Bonchev–Trinajstić information content (AvgIpc) is 3.17. The van der Waals surface area contributed by atoms with Crippen LogP contribution in [-0.4, -0.2) is 32.3 Å². The SMILES string of the molecule is C=CCn1c(SCC(=O)Nc2c(Cl)cc(Cl)cc2Cl)nnc1[C@H](C)NC(=O)c1cccc(C)c1. The van der Waals surface area contributed by atoms with Gasteiger partial charge in [-0.05, 0) is 38.1 Å². The molecule has 0 aliphatic carbocycles. The molecule has 3 rings (SSSR count). The van der Waals surface area contributed by atoms with Gasteiger partial charge in [0.15, 0.2) is 11.0 Å². The Morgan fingerprint density at radius 1 is 1.18 bits per heavy atom. The number of aryl methyl sites for hydroxylation is 1. The summed E-state index contributed by atoms with van der Waals surface area (Å²) in [4.78, 5) is 25.1. The van der Waals surface area contributed by atoms with E-state index in [1.807, 2.05) is 32.0 Å². The summed E-state index contributed by atoms with van der Waals surface area (Å²) >= 11 is 19.4. The van der Waals surface area contributed by atoms with Crippen molar-refractivity contribution in [2.75, 3.05) is 11.1 Å². The molecule has 0 bridgehead atoms. The number of nitrogens with zero attached hydrogens (tertiary/aromatic N) is 3. The third kappa shape index (κ3) is 6.54. The van der Waals surface area contributed by atoms with Gasteiger partial charge in [0.2, 0.25) is 5.91 Å². The number of anilines is 1. The van der Waals surface area contributed by atoms with E-state index < -0.39 is 6.04 Å². The number of carbonyl (C=O) groups excluding carboxylic acids is 2. The van der Waals surface area contributed by atoms with Crippen LogP contribution >= 0.6 is 46.6 Å². The fourth-order valence-corrected chi connectivity index (χ4v) is 4.79. The number of amides is 2. The molecular weight excluding hydrogens is 517 g/mol. The molecule has 11 heteroatoms. The smallest absolute Gasteiger partial charge is 0.251 e. The van der Waals surface area contributed by atoms with Gasteiger partial charge < -0.3 is 15.2 Å². The Morgan fingerprint density at radius 3 is 2.53 bits per heavy atom. The first-order chi connectivity index (χ1) is 16.2. The Hall–Kier alpha value is -2.52. The van der Waals surface area contributed by atoms with Gasteiger partial charge in [0.1, 0.15) is 0 Å². The minimum Gasteiger partial charge on any atom is -0.342 e. The van der Waals surface area contributed by atoms with Crippen LogP contribution in [0.4, 0.5) is 5.69 Å². The molecule has 0 aliphatic rings. The number of thioether (sulfide) groups is 1. The fraction of sp³-hybridized carbons (Fsp3) is 0.217. The molecule has 34 heavy (non-hydrogen) atoms. The molecule has 7 nitrogen and oxygen atoms in total. The van der Waals surface area contributed by atoms with Crippen LogP contribution in [0.25, 0.3) is 0 Å². The van der Waals surface area contributed by atoms with Gasteiger partial charge in [0.25, 0.3) is 5.91 Å². The summed E-state index contributed by atoms with van der Waals surface area (Å²) in [6.07, 6.45) is 1.69. The average molecular weight is 539 g/mol. The molecule has 0 radical (unpaired) electrons. The topological polar surface area (TPSA) is 88.9 Å². The van der Waals surface area contributed by atoms with Crippen molar-refractivity contribution in [1.82, 2.24) is 20.1 Å². The molecule has 1 heterocycles. The predicted molar refractivity (Wildman–Crippen MR) is 138 cm³/mol. The van der Waals surface area contributed by atoms with Gasteiger partial charge in [-0.15, -0.1) is 16.8 Å². The van der Waals surface area contributed by atoms with Crippen molar-refractivity contribution in [3.63, 3.8) is 0 Å². The zero-order valence-electron chi connectivity index (χ0n) is 18.4. The number of carbonyl (C=O) groups is 2. The molecule has 0 saturated carbocycles. The Labute approximate surface area is 216 Å². The number of halogens is 3. The summed E-state index contributed by atoms with van der Waals surface area (Å²) in [7, 11) is 0. The molecule has 1 aromatic heterocycles. The lowest BCUT2D eigenvalue weighted by Gasteiger charge is -2.15. The molecule has 3 aromatic rings. The van der Waals surface area contributed by atoms with Crippen LogP contribution in [0.5, 0.6) is 0 Å². The number of aromatic nitrogens is 3. The summed E-state index contributed by atoms with van der Waals surface area (Å²) in [5.41, 5.74) is 1.85. The monoisotopic (exact) mass is 537 g/mol. The highest BCUT2D eigenvalue weighted by molar-refractivity contribution is 7.99. The van der Waals surface area contributed by atoms with E-state index in [9.17, 15) is 9.59 Å². The zero-order valence-corrected chi connectivity index (χ0v) is 21.5. The van der Waals surface area contributed by atoms with Crippen LogP contribution in [0.15, 0.2) is 54.2 Å². The fourth-order valence-electron chi connectivity index (χ4n) is 3.13. The van der Waals surface area contributed by atoms with E-state index in [4.69, 9.17) is 34.8 Å². The van der Waals surface area contributed by atoms with Gasteiger partial charge in [0.05, 0.1) is 27.5 Å². The summed E-state index contributed by atoms with van der Waals surface area (Å²) in [6.45, 7) is 7.94. The minimum absolute atomic E-state index is 0.0363. The summed E-state index contributed by atoms with van der Waals surface area (Å²) in [6, 6.07) is 9.90. The Balaban J connectivity index is 1.69. The van der Waals surface area contributed by atoms with Gasteiger partial charge in [-0.25, -0.2) is 0 Å². The summed E-state index contributed by atoms with van der Waals surface area (Å²) in [5, 5.41) is 15.4. The van der Waals surface area contributed by atoms with Crippen LogP contribution in [0.1, 0.15) is 34.7 Å². The molecule has 1 atom stereocenters. The second-order valence-electron chi connectivity index (χ2n) is 7.39. The Kier molecular flexibility index (Phi) is 9.02. The van der Waals surface area contributed by atoms with E-state index in [0.29, 0.717) is 33.8 Å². The number of allylic oxidation sites excluding steroid dienone is 1. The van der Waals surface area contributed by atoms with Crippen molar-refractivity contribution in [3.8, 4) is 0 Å². The van der Waals surface area contributed by atoms with Gasteiger partial charge in [-0.2, -0.15) is 0 Å². The minimum atomic E-state index is -0.421. The number of rotatable bonds is 9. The standard InChI is InChI=1S/C23H22Cl3N5O2S/c1-4-8-31-21(14(3)27-22(33)15-7-5-6-13(2)9-15)29-30-23(31)34-12-19(32)28-20-17(25)10-16(24)11-18(20)26/h4-7,9-11,14H,1,8,12H2,2-3H3,(H,27,33)(H,28,32)/t14-/m0/s1. The number of hydrogen-bond donors (Lipinski definition) is 2. The first-order valence-electron chi connectivity index (χ1n) is 10.2. The molecule has 0 spiro atoms. The van der Waals surface area contributed by atoms with Gasteiger partial charge in [-0.1, -0.05) is 70.3 Å². The van der Waals surface area contributed by atoms with Crippen molar-refractivity contribution < 1.29 is 9.59 Å². The molecule has 2 N–H and O–H groups in total. The van der Waals surface area contributed by atoms with Crippen molar-refractivity contribution in [3.05, 3.63) is 81.1 Å². The Bertz CT molecular complexity index is 1210. The zero-order chi connectivity index (χ0) is 24.8. The van der Waals surface area contributed by atoms with Gasteiger partial charge in [0, 0.05) is 17.1 Å². The molecule has 2 amide bonds. The van der Waals surface area contributed by atoms with E-state index in [1.165, 1.54) is 23.9 Å². The van der Waals surface area contributed by atoms with Crippen LogP contribution in [0.3, 0.4) is 0 Å². The largest absolute Gasteiger partial charge is 0.342 e. The number of hydrogen-bond acceptors (Lipinski definition) is 5. The number of benzene rings is 2. The van der Waals surface area contributed by atoms with E-state index in [0.717, 1.165) is 5.56 Å². The lowest BCUT2D eigenvalue weighted by Crippen LogP contribution is -2.29. The maximum absolute atomic E-state index is 12.6. The third-order valence-electron chi connectivity index (χ3n) is 4.68. The lowest BCUT2D eigenvalue weighted by atomic mass is 10.1. The first-order valence-corrected chi connectivity index (χ1v) is 12.3. The summed E-state index contributed by atoms with van der Waals surface area (Å²) < 4.78 is 1.80. The predicted octanol–water partition coefficient (Wildman–Crippen LogP) is 5.95. The normalized spacial score (nSPS) is 11.7. The van der Waals surface area contributed by atoms with Gasteiger partial charge in [-0.3, -0.25) is 9.59 Å². The molecule has 0 fully saturated rings. The molecule has 178 valence electrons. The van der Waals surface area contributed by atoms with Crippen LogP contribution in [-0.2, 0) is 11.3 Å². The lowest BCUT2D eigenvalue weighted by molar-refractivity contribution is -0.113. The van der Waals surface area contributed by atoms with E-state index in [2.05, 4.69) is 27.4 Å². The van der Waals surface area contributed by atoms with E-state index >= 15 is 0 Å². The van der Waals surface area contributed by atoms with Gasteiger partial charge >= 0.3 is 0 Å². The van der Waals surface area contributed by atoms with Crippen molar-refractivity contribution in [1.29, 1.82) is 0 Å². The highest BCUT2D eigenvalue weighted by atomic mass is 35.5. The second kappa shape index (κ2) is 11.8. The molecule has 2 aromatic carbocycles. The Morgan fingerprint density at radius 2 is 1.88 bits per heavy atom. The maximum atomic E-state index is 12.6. The molecule has 0 saturated heterocycles. The quantitative estimate of drug-likeness (QED) is 0.259. The molecule has 0 unspecified atom stereocenters. The van der Waals surface area contributed by atoms with Crippen molar-refractivity contribution in [2.24, 2.45) is 0 Å². The maximum Gasteiger partial charge on any atom is 0.251 e. The van der Waals surface area contributed by atoms with Crippen molar-refractivity contribution >= 4 is 64.1 Å². The van der Waals surface area contributed by atoms with E-state index in [-0.39, 0.29) is 27.6 Å². The number of nitrogens with one attached hydrogen (secondary N) is 2. The first kappa shape index (κ1) is 26.1. The van der Waals surface area contributed by atoms with Crippen molar-refractivity contribution in [2.45, 2.75) is 31.6 Å². The third-order valence-corrected chi connectivity index (χ3v) is 6.46. The van der Waals surface area contributed by atoms with Crippen LogP contribution < -0.4 is 10.6 Å². The molecular formula is C23H22Cl3N5O2S. The summed E-state index contributed by atoms with van der Waals surface area (Å²) in [5.74, 6) is 0.0445. The van der Waals surface area contributed by atoms with E-state index in [1.54, 1.807) is 16.7 Å².